The molecular formula is C22H22F3N3O3S. The van der Waals surface area contributed by atoms with Gasteiger partial charge in [-0.3, -0.25) is 4.79 Å². The average molecular weight is 465 g/mol. The molecule has 0 radical (unpaired) electrons. The molecule has 0 aliphatic rings. The largest absolute Gasteiger partial charge is 0.493 e. The summed E-state index contributed by atoms with van der Waals surface area (Å²) in [5.74, 6) is 0.712. The number of imidazole rings is 1. The number of amides is 1. The number of nitrogens with one attached hydrogen (secondary N) is 1. The molecule has 0 saturated carbocycles. The fourth-order valence-electron chi connectivity index (χ4n) is 3.02. The molecule has 0 saturated heterocycles. The SMILES string of the molecule is COc1ccc(CNC(=O)CSc2ncc(-c3ccccc3)n2CC(F)(F)F)cc1OC. The van der Waals surface area contributed by atoms with E-state index in [4.69, 9.17) is 9.47 Å². The Hall–Kier alpha value is -3.14. The van der Waals surface area contributed by atoms with Crippen molar-refractivity contribution in [3.63, 3.8) is 0 Å². The minimum atomic E-state index is -4.42. The maximum absolute atomic E-state index is 13.2. The van der Waals surface area contributed by atoms with E-state index in [-0.39, 0.29) is 23.4 Å². The van der Waals surface area contributed by atoms with E-state index in [9.17, 15) is 18.0 Å². The molecule has 0 aliphatic heterocycles. The predicted octanol–water partition coefficient (Wildman–Crippen LogP) is 4.54. The van der Waals surface area contributed by atoms with Crippen molar-refractivity contribution in [2.24, 2.45) is 0 Å². The third-order valence-electron chi connectivity index (χ3n) is 4.50. The van der Waals surface area contributed by atoms with Crippen molar-refractivity contribution in [2.75, 3.05) is 20.0 Å². The number of aromatic nitrogens is 2. The molecule has 0 atom stereocenters. The van der Waals surface area contributed by atoms with Crippen LogP contribution in [-0.4, -0.2) is 41.6 Å². The predicted molar refractivity (Wildman–Crippen MR) is 116 cm³/mol. The van der Waals surface area contributed by atoms with E-state index in [1.54, 1.807) is 48.5 Å². The number of hydrogen-bond donors (Lipinski definition) is 1. The first-order chi connectivity index (χ1) is 15.3. The first-order valence-corrected chi connectivity index (χ1v) is 10.6. The normalized spacial score (nSPS) is 11.3. The summed E-state index contributed by atoms with van der Waals surface area (Å²) in [6, 6.07) is 14.0. The van der Waals surface area contributed by atoms with Gasteiger partial charge in [-0.2, -0.15) is 13.2 Å². The lowest BCUT2D eigenvalue weighted by Crippen LogP contribution is -2.25. The van der Waals surface area contributed by atoms with Crippen LogP contribution in [0.5, 0.6) is 11.5 Å². The van der Waals surface area contributed by atoms with Crippen molar-refractivity contribution < 1.29 is 27.4 Å². The Morgan fingerprint density at radius 2 is 1.81 bits per heavy atom. The van der Waals surface area contributed by atoms with E-state index in [0.717, 1.165) is 21.9 Å². The summed E-state index contributed by atoms with van der Waals surface area (Å²) < 4.78 is 51.0. The number of alkyl halides is 3. The zero-order chi connectivity index (χ0) is 23.1. The maximum Gasteiger partial charge on any atom is 0.406 e. The van der Waals surface area contributed by atoms with Crippen LogP contribution in [0.15, 0.2) is 59.9 Å². The quantitative estimate of drug-likeness (QED) is 0.470. The van der Waals surface area contributed by atoms with Gasteiger partial charge in [0.1, 0.15) is 6.54 Å². The fourth-order valence-corrected chi connectivity index (χ4v) is 3.83. The van der Waals surface area contributed by atoms with Crippen molar-refractivity contribution in [2.45, 2.75) is 24.4 Å². The van der Waals surface area contributed by atoms with Crippen LogP contribution >= 0.6 is 11.8 Å². The van der Waals surface area contributed by atoms with Gasteiger partial charge in [0.15, 0.2) is 16.7 Å². The second-order valence-electron chi connectivity index (χ2n) is 6.75. The molecular weight excluding hydrogens is 443 g/mol. The highest BCUT2D eigenvalue weighted by molar-refractivity contribution is 7.99. The Bertz CT molecular complexity index is 1060. The number of ether oxygens (including phenoxy) is 2. The van der Waals surface area contributed by atoms with E-state index in [1.807, 2.05) is 0 Å². The van der Waals surface area contributed by atoms with Gasteiger partial charge in [-0.15, -0.1) is 0 Å². The lowest BCUT2D eigenvalue weighted by molar-refractivity contribution is -0.141. The van der Waals surface area contributed by atoms with Crippen LogP contribution in [-0.2, 0) is 17.9 Å². The monoisotopic (exact) mass is 465 g/mol. The second kappa shape index (κ2) is 10.4. The van der Waals surface area contributed by atoms with Gasteiger partial charge < -0.3 is 19.4 Å². The second-order valence-corrected chi connectivity index (χ2v) is 7.69. The Labute approximate surface area is 187 Å². The molecule has 3 rings (SSSR count). The number of nitrogens with zero attached hydrogens (tertiary/aromatic N) is 2. The van der Waals surface area contributed by atoms with Crippen LogP contribution in [0.1, 0.15) is 5.56 Å². The summed E-state index contributed by atoms with van der Waals surface area (Å²) in [6.07, 6.45) is -3.03. The summed E-state index contributed by atoms with van der Waals surface area (Å²) >= 11 is 0.955. The van der Waals surface area contributed by atoms with Gasteiger partial charge >= 0.3 is 6.18 Å². The molecule has 170 valence electrons. The number of methoxy groups -OCH3 is 2. The van der Waals surface area contributed by atoms with Crippen molar-refractivity contribution >= 4 is 17.7 Å². The van der Waals surface area contributed by atoms with Crippen LogP contribution in [0, 0.1) is 0 Å². The highest BCUT2D eigenvalue weighted by Crippen LogP contribution is 2.30. The topological polar surface area (TPSA) is 65.4 Å². The third-order valence-corrected chi connectivity index (χ3v) is 5.49. The molecule has 6 nitrogen and oxygen atoms in total. The molecule has 2 aromatic carbocycles. The molecule has 0 fully saturated rings. The molecule has 1 heterocycles. The van der Waals surface area contributed by atoms with Crippen LogP contribution < -0.4 is 14.8 Å². The maximum atomic E-state index is 13.2. The highest BCUT2D eigenvalue weighted by atomic mass is 32.2. The van der Waals surface area contributed by atoms with Crippen molar-refractivity contribution in [1.29, 1.82) is 0 Å². The summed E-state index contributed by atoms with van der Waals surface area (Å²) in [5, 5.41) is 2.88. The molecule has 0 aliphatic carbocycles. The summed E-state index contributed by atoms with van der Waals surface area (Å²) in [5.41, 5.74) is 1.76. The van der Waals surface area contributed by atoms with Gasteiger partial charge in [-0.25, -0.2) is 4.98 Å². The van der Waals surface area contributed by atoms with E-state index in [2.05, 4.69) is 10.3 Å². The summed E-state index contributed by atoms with van der Waals surface area (Å²) in [7, 11) is 3.05. The fraction of sp³-hybridized carbons (Fsp3) is 0.273. The Kier molecular flexibility index (Phi) is 7.68. The standard InChI is InChI=1S/C22H22F3N3O3S/c1-30-18-9-8-15(10-19(18)31-2)11-26-20(29)13-32-21-27-12-17(16-6-4-3-5-7-16)28(21)14-22(23,24)25/h3-10,12H,11,13-14H2,1-2H3,(H,26,29). The average Bonchev–Trinajstić information content (AvgIpc) is 3.17. The van der Waals surface area contributed by atoms with Crippen LogP contribution in [0.2, 0.25) is 0 Å². The zero-order valence-electron chi connectivity index (χ0n) is 17.5. The zero-order valence-corrected chi connectivity index (χ0v) is 18.3. The first-order valence-electron chi connectivity index (χ1n) is 9.59. The smallest absolute Gasteiger partial charge is 0.406 e. The molecule has 1 aromatic heterocycles. The van der Waals surface area contributed by atoms with Gasteiger partial charge in [0, 0.05) is 6.54 Å². The molecule has 10 heteroatoms. The number of thioether (sulfide) groups is 1. The molecule has 0 spiro atoms. The van der Waals surface area contributed by atoms with Gasteiger partial charge in [0.25, 0.3) is 0 Å². The molecule has 0 unspecified atom stereocenters. The van der Waals surface area contributed by atoms with Gasteiger partial charge in [0.05, 0.1) is 31.9 Å². The minimum Gasteiger partial charge on any atom is -0.493 e. The molecule has 0 bridgehead atoms. The van der Waals surface area contributed by atoms with Crippen molar-refractivity contribution in [3.8, 4) is 22.8 Å². The summed E-state index contributed by atoms with van der Waals surface area (Å²) in [6.45, 7) is -0.946. The Balaban J connectivity index is 1.66. The van der Waals surface area contributed by atoms with Crippen LogP contribution in [0.25, 0.3) is 11.3 Å². The number of rotatable bonds is 9. The number of halogens is 3. The minimum absolute atomic E-state index is 0.0730. The van der Waals surface area contributed by atoms with Gasteiger partial charge in [-0.1, -0.05) is 48.2 Å². The lowest BCUT2D eigenvalue weighted by Gasteiger charge is -2.14. The third kappa shape index (κ3) is 6.19. The number of carbonyl (C=O) groups is 1. The Morgan fingerprint density at radius 1 is 1.09 bits per heavy atom. The lowest BCUT2D eigenvalue weighted by atomic mass is 10.2. The van der Waals surface area contributed by atoms with Crippen molar-refractivity contribution in [3.05, 3.63) is 60.3 Å². The molecule has 1 amide bonds. The van der Waals surface area contributed by atoms with Gasteiger partial charge in [-0.05, 0) is 23.3 Å². The van der Waals surface area contributed by atoms with E-state index in [0.29, 0.717) is 22.8 Å². The van der Waals surface area contributed by atoms with E-state index in [1.165, 1.54) is 20.4 Å². The van der Waals surface area contributed by atoms with Crippen molar-refractivity contribution in [1.82, 2.24) is 14.9 Å². The molecule has 32 heavy (non-hydrogen) atoms. The number of benzene rings is 2. The number of carbonyl (C=O) groups excluding carboxylic acids is 1. The van der Waals surface area contributed by atoms with Gasteiger partial charge in [0.2, 0.25) is 5.91 Å². The molecule has 3 aromatic rings. The first kappa shape index (κ1) is 23.5. The van der Waals surface area contributed by atoms with E-state index < -0.39 is 12.7 Å². The van der Waals surface area contributed by atoms with Crippen LogP contribution in [0.3, 0.4) is 0 Å². The van der Waals surface area contributed by atoms with E-state index >= 15 is 0 Å². The number of hydrogen-bond acceptors (Lipinski definition) is 5. The molecule has 1 N–H and O–H groups in total. The highest BCUT2D eigenvalue weighted by Gasteiger charge is 2.31. The van der Waals surface area contributed by atoms with Crippen LogP contribution in [0.4, 0.5) is 13.2 Å². The Morgan fingerprint density at radius 3 is 2.47 bits per heavy atom. The summed E-state index contributed by atoms with van der Waals surface area (Å²) in [4.78, 5) is 16.4.